The molecule has 1 aliphatic heterocycles. The van der Waals surface area contributed by atoms with Gasteiger partial charge in [0.15, 0.2) is 23.0 Å². The predicted molar refractivity (Wildman–Crippen MR) is 121 cm³/mol. The maximum absolute atomic E-state index is 13.4. The average molecular weight is 432 g/mol. The van der Waals surface area contributed by atoms with Gasteiger partial charge < -0.3 is 20.3 Å². The van der Waals surface area contributed by atoms with E-state index in [2.05, 4.69) is 6.58 Å². The number of nitrogens with zero attached hydrogens (tertiary/aromatic N) is 1. The van der Waals surface area contributed by atoms with E-state index < -0.39 is 23.5 Å². The Bertz CT molecular complexity index is 1130. The van der Waals surface area contributed by atoms with Gasteiger partial charge in [-0.25, -0.2) is 0 Å². The van der Waals surface area contributed by atoms with Crippen LogP contribution in [0.4, 0.5) is 0 Å². The third-order valence-electron chi connectivity index (χ3n) is 5.00. The summed E-state index contributed by atoms with van der Waals surface area (Å²) in [5.41, 5.74) is 6.99. The summed E-state index contributed by atoms with van der Waals surface area (Å²) in [6, 6.07) is 12.5. The van der Waals surface area contributed by atoms with Crippen molar-refractivity contribution in [3.8, 4) is 11.5 Å². The fourth-order valence-corrected chi connectivity index (χ4v) is 3.50. The highest BCUT2D eigenvalue weighted by molar-refractivity contribution is 6.16. The molecule has 1 aliphatic rings. The topological polar surface area (TPSA) is 102 Å². The molecular formula is C25H24N2O5. The van der Waals surface area contributed by atoms with Gasteiger partial charge in [-0.1, -0.05) is 61.2 Å². The number of carbonyl (C=O) groups is 2. The molecule has 0 spiro atoms. The zero-order valence-corrected chi connectivity index (χ0v) is 17.8. The van der Waals surface area contributed by atoms with E-state index >= 15 is 0 Å². The first-order valence-corrected chi connectivity index (χ1v) is 9.77. The Kier molecular flexibility index (Phi) is 6.80. The van der Waals surface area contributed by atoms with Gasteiger partial charge in [0, 0.05) is 5.56 Å². The third-order valence-corrected chi connectivity index (χ3v) is 5.00. The van der Waals surface area contributed by atoms with Crippen molar-refractivity contribution in [3.05, 3.63) is 108 Å². The molecule has 0 fully saturated rings. The molecule has 0 saturated heterocycles. The second-order valence-electron chi connectivity index (χ2n) is 6.86. The number of ketones is 1. The number of aliphatic hydroxyl groups excluding tert-OH is 1. The lowest BCUT2D eigenvalue weighted by Crippen LogP contribution is -2.34. The number of benzene rings is 2. The Morgan fingerprint density at radius 3 is 2.41 bits per heavy atom. The number of aliphatic hydroxyl groups is 1. The number of ether oxygens (including phenoxy) is 2. The molecule has 1 heterocycles. The van der Waals surface area contributed by atoms with Crippen LogP contribution in [-0.2, 0) is 4.79 Å². The molecule has 1 atom stereocenters. The Morgan fingerprint density at radius 2 is 1.78 bits per heavy atom. The lowest BCUT2D eigenvalue weighted by molar-refractivity contribution is -0.127. The van der Waals surface area contributed by atoms with Crippen LogP contribution in [0.1, 0.15) is 22.0 Å². The molecule has 0 radical (unpaired) electrons. The number of hydrogen-bond donors (Lipinski definition) is 2. The fourth-order valence-electron chi connectivity index (χ4n) is 3.50. The maximum atomic E-state index is 13.4. The standard InChI is InChI=1S/C25H24N2O5/c1-4-5-7-12-20(26)27-22(17-13-14-18(31-2)19(15-17)32-3)21(24(29)25(27)30)23(28)16-10-8-6-9-11-16/h4-15,22,29H,1,26H2,2-3H3/b7-5-,20-12+. The van der Waals surface area contributed by atoms with Gasteiger partial charge in [-0.2, -0.15) is 0 Å². The summed E-state index contributed by atoms with van der Waals surface area (Å²) < 4.78 is 10.7. The summed E-state index contributed by atoms with van der Waals surface area (Å²) in [5.74, 6) is -0.964. The molecule has 2 aromatic carbocycles. The Labute approximate surface area is 186 Å². The van der Waals surface area contributed by atoms with Crippen molar-refractivity contribution >= 4 is 11.7 Å². The zero-order valence-electron chi connectivity index (χ0n) is 17.8. The van der Waals surface area contributed by atoms with Crippen LogP contribution < -0.4 is 15.2 Å². The molecule has 0 aromatic heterocycles. The highest BCUT2D eigenvalue weighted by Crippen LogP contribution is 2.42. The van der Waals surface area contributed by atoms with Crippen molar-refractivity contribution in [1.29, 1.82) is 0 Å². The van der Waals surface area contributed by atoms with Crippen LogP contribution in [0.2, 0.25) is 0 Å². The minimum atomic E-state index is -0.969. The molecule has 32 heavy (non-hydrogen) atoms. The first-order valence-electron chi connectivity index (χ1n) is 9.77. The van der Waals surface area contributed by atoms with E-state index in [0.29, 0.717) is 22.6 Å². The minimum absolute atomic E-state index is 0.0512. The van der Waals surface area contributed by atoms with Gasteiger partial charge in [0.1, 0.15) is 5.82 Å². The Morgan fingerprint density at radius 1 is 1.09 bits per heavy atom. The average Bonchev–Trinajstić information content (AvgIpc) is 3.09. The van der Waals surface area contributed by atoms with Gasteiger partial charge in [0.05, 0.1) is 25.8 Å². The number of allylic oxidation sites excluding steroid dienone is 4. The molecule has 1 amide bonds. The molecule has 0 aliphatic carbocycles. The van der Waals surface area contributed by atoms with Gasteiger partial charge in [0.2, 0.25) is 0 Å². The largest absolute Gasteiger partial charge is 0.503 e. The summed E-state index contributed by atoms with van der Waals surface area (Å²) >= 11 is 0. The number of amides is 1. The van der Waals surface area contributed by atoms with E-state index in [-0.39, 0.29) is 11.4 Å². The smallest absolute Gasteiger partial charge is 0.295 e. The third kappa shape index (κ3) is 4.13. The van der Waals surface area contributed by atoms with Crippen LogP contribution in [0.3, 0.4) is 0 Å². The van der Waals surface area contributed by atoms with Crippen LogP contribution in [0.25, 0.3) is 0 Å². The SMILES string of the molecule is C=C/C=C\C=C(/N)N1C(=O)C(O)=C(C(=O)c2ccccc2)C1c1ccc(OC)c(OC)c1. The molecule has 7 heteroatoms. The van der Waals surface area contributed by atoms with E-state index in [1.165, 1.54) is 25.2 Å². The highest BCUT2D eigenvalue weighted by Gasteiger charge is 2.45. The van der Waals surface area contributed by atoms with Crippen LogP contribution in [0, 0.1) is 0 Å². The Hall–Kier alpha value is -4.26. The molecule has 3 rings (SSSR count). The normalized spacial score (nSPS) is 16.6. The Balaban J connectivity index is 2.19. The number of nitrogens with two attached hydrogens (primary N) is 1. The maximum Gasteiger partial charge on any atom is 0.295 e. The van der Waals surface area contributed by atoms with E-state index in [1.807, 2.05) is 0 Å². The second-order valence-corrected chi connectivity index (χ2v) is 6.86. The predicted octanol–water partition coefficient (Wildman–Crippen LogP) is 3.82. The van der Waals surface area contributed by atoms with Crippen LogP contribution in [0.5, 0.6) is 11.5 Å². The summed E-state index contributed by atoms with van der Waals surface area (Å²) in [4.78, 5) is 27.6. The molecule has 7 nitrogen and oxygen atoms in total. The zero-order chi connectivity index (χ0) is 23.3. The van der Waals surface area contributed by atoms with Gasteiger partial charge >= 0.3 is 0 Å². The molecule has 0 bridgehead atoms. The van der Waals surface area contributed by atoms with E-state index in [9.17, 15) is 14.7 Å². The first-order chi connectivity index (χ1) is 15.4. The quantitative estimate of drug-likeness (QED) is 0.486. The summed E-state index contributed by atoms with van der Waals surface area (Å²) in [7, 11) is 2.99. The number of hydrogen-bond acceptors (Lipinski definition) is 6. The summed E-state index contributed by atoms with van der Waals surface area (Å²) in [6.07, 6.45) is 6.30. The van der Waals surface area contributed by atoms with Crippen LogP contribution >= 0.6 is 0 Å². The van der Waals surface area contributed by atoms with Gasteiger partial charge in [0.25, 0.3) is 5.91 Å². The monoisotopic (exact) mass is 432 g/mol. The summed E-state index contributed by atoms with van der Waals surface area (Å²) in [6.45, 7) is 3.59. The number of Topliss-reactive ketones (excluding diaryl/α,β-unsaturated/α-hetero) is 1. The van der Waals surface area contributed by atoms with Crippen molar-refractivity contribution in [2.24, 2.45) is 5.73 Å². The molecule has 164 valence electrons. The number of methoxy groups -OCH3 is 2. The molecule has 3 N–H and O–H groups in total. The summed E-state index contributed by atoms with van der Waals surface area (Å²) in [5, 5.41) is 10.7. The van der Waals surface area contributed by atoms with Crippen LogP contribution in [-0.4, -0.2) is 35.9 Å². The van der Waals surface area contributed by atoms with E-state index in [1.54, 1.807) is 66.8 Å². The van der Waals surface area contributed by atoms with Gasteiger partial charge in [-0.15, -0.1) is 0 Å². The van der Waals surface area contributed by atoms with Crippen molar-refractivity contribution in [2.45, 2.75) is 6.04 Å². The highest BCUT2D eigenvalue weighted by atomic mass is 16.5. The lowest BCUT2D eigenvalue weighted by atomic mass is 9.92. The lowest BCUT2D eigenvalue weighted by Gasteiger charge is -2.27. The molecular weight excluding hydrogens is 408 g/mol. The van der Waals surface area contributed by atoms with Crippen LogP contribution in [0.15, 0.2) is 96.6 Å². The van der Waals surface area contributed by atoms with Gasteiger partial charge in [-0.3, -0.25) is 14.5 Å². The first kappa shape index (κ1) is 22.4. The van der Waals surface area contributed by atoms with E-state index in [0.717, 1.165) is 0 Å². The van der Waals surface area contributed by atoms with Crippen molar-refractivity contribution in [1.82, 2.24) is 4.90 Å². The minimum Gasteiger partial charge on any atom is -0.503 e. The van der Waals surface area contributed by atoms with Crippen molar-refractivity contribution in [2.75, 3.05) is 14.2 Å². The molecule has 1 unspecified atom stereocenters. The van der Waals surface area contributed by atoms with Crippen molar-refractivity contribution < 1.29 is 24.2 Å². The van der Waals surface area contributed by atoms with Crippen molar-refractivity contribution in [3.63, 3.8) is 0 Å². The van der Waals surface area contributed by atoms with E-state index in [4.69, 9.17) is 15.2 Å². The fraction of sp³-hybridized carbons (Fsp3) is 0.120. The molecule has 0 saturated carbocycles. The second kappa shape index (κ2) is 9.70. The van der Waals surface area contributed by atoms with Gasteiger partial charge in [-0.05, 0) is 23.8 Å². The number of carbonyl (C=O) groups excluding carboxylic acids is 2. The molecule has 2 aromatic rings. The number of rotatable bonds is 8.